The van der Waals surface area contributed by atoms with E-state index in [4.69, 9.17) is 21.1 Å². The van der Waals surface area contributed by atoms with Gasteiger partial charge < -0.3 is 9.47 Å². The second-order valence-corrected chi connectivity index (χ2v) is 4.89. The highest BCUT2D eigenvalue weighted by Gasteiger charge is 2.29. The van der Waals surface area contributed by atoms with Crippen molar-refractivity contribution < 1.29 is 14.4 Å². The predicted molar refractivity (Wildman–Crippen MR) is 67.4 cm³/mol. The third-order valence-electron chi connectivity index (χ3n) is 2.84. The molecule has 19 heavy (non-hydrogen) atoms. The average Bonchev–Trinajstić information content (AvgIpc) is 2.26. The summed E-state index contributed by atoms with van der Waals surface area (Å²) in [6.45, 7) is 3.88. The van der Waals surface area contributed by atoms with Gasteiger partial charge in [-0.2, -0.15) is 4.98 Å². The first-order valence-electron chi connectivity index (χ1n) is 5.94. The number of hydrogen-bond donors (Lipinski definition) is 0. The molecule has 2 heterocycles. The van der Waals surface area contributed by atoms with Crippen molar-refractivity contribution in [1.82, 2.24) is 9.97 Å². The van der Waals surface area contributed by atoms with Gasteiger partial charge >= 0.3 is 5.69 Å². The first-order chi connectivity index (χ1) is 8.95. The number of hydrogen-bond acceptors (Lipinski definition) is 6. The fourth-order valence-electron chi connectivity index (χ4n) is 2.15. The Balaban J connectivity index is 2.18. The number of rotatable bonds is 3. The summed E-state index contributed by atoms with van der Waals surface area (Å²) in [5.74, 6) is -0.0868. The fourth-order valence-corrected chi connectivity index (χ4v) is 2.28. The maximum absolute atomic E-state index is 10.9. The van der Waals surface area contributed by atoms with Crippen LogP contribution in [0.4, 0.5) is 5.69 Å². The van der Waals surface area contributed by atoms with Crippen LogP contribution in [0.25, 0.3) is 0 Å². The summed E-state index contributed by atoms with van der Waals surface area (Å²) < 4.78 is 11.2. The van der Waals surface area contributed by atoms with Gasteiger partial charge in [0.05, 0.1) is 17.1 Å². The third kappa shape index (κ3) is 3.51. The molecule has 1 saturated heterocycles. The van der Waals surface area contributed by atoms with Crippen molar-refractivity contribution in [2.75, 3.05) is 0 Å². The van der Waals surface area contributed by atoms with Crippen LogP contribution in [0.3, 0.4) is 0 Å². The van der Waals surface area contributed by atoms with Gasteiger partial charge in [-0.05, 0) is 25.4 Å². The summed E-state index contributed by atoms with van der Waals surface area (Å²) in [5.41, 5.74) is -0.281. The molecule has 1 aromatic rings. The molecule has 2 unspecified atom stereocenters. The fraction of sp³-hybridized carbons (Fsp3) is 0.636. The third-order valence-corrected chi connectivity index (χ3v) is 3.02. The molecule has 0 aliphatic carbocycles. The van der Waals surface area contributed by atoms with Crippen LogP contribution in [-0.2, 0) is 4.74 Å². The van der Waals surface area contributed by atoms with Crippen LogP contribution in [0.15, 0.2) is 6.20 Å². The standard InChI is InChI=1S/C11H14ClN3O4/c1-6-3-8(4-7(2)18-6)19-10-9(15(16)17)5-13-11(12)14-10/h5-8H,3-4H2,1-2H3. The largest absolute Gasteiger partial charge is 0.469 e. The minimum absolute atomic E-state index is 0.0464. The maximum atomic E-state index is 10.9. The quantitative estimate of drug-likeness (QED) is 0.482. The molecule has 0 N–H and O–H groups in total. The molecule has 1 fully saturated rings. The van der Waals surface area contributed by atoms with Gasteiger partial charge in [0, 0.05) is 12.8 Å². The van der Waals surface area contributed by atoms with E-state index in [-0.39, 0.29) is 35.2 Å². The highest BCUT2D eigenvalue weighted by atomic mass is 35.5. The number of aromatic nitrogens is 2. The van der Waals surface area contributed by atoms with E-state index < -0.39 is 4.92 Å². The SMILES string of the molecule is CC1CC(Oc2nc(Cl)ncc2[N+](=O)[O-])CC(C)O1. The van der Waals surface area contributed by atoms with Crippen LogP contribution in [0.5, 0.6) is 5.88 Å². The van der Waals surface area contributed by atoms with E-state index in [0.717, 1.165) is 6.20 Å². The van der Waals surface area contributed by atoms with E-state index in [1.807, 2.05) is 13.8 Å². The van der Waals surface area contributed by atoms with Crippen molar-refractivity contribution in [3.63, 3.8) is 0 Å². The van der Waals surface area contributed by atoms with E-state index in [2.05, 4.69) is 9.97 Å². The first-order valence-corrected chi connectivity index (χ1v) is 6.32. The molecule has 0 aromatic carbocycles. The molecular formula is C11H14ClN3O4. The average molecular weight is 288 g/mol. The summed E-state index contributed by atoms with van der Waals surface area (Å²) in [4.78, 5) is 17.7. The Morgan fingerprint density at radius 2 is 2.11 bits per heavy atom. The Hall–Kier alpha value is -1.47. The molecule has 2 rings (SSSR count). The molecule has 1 aliphatic rings. The van der Waals surface area contributed by atoms with Crippen molar-refractivity contribution in [1.29, 1.82) is 0 Å². The second-order valence-electron chi connectivity index (χ2n) is 4.56. The molecule has 104 valence electrons. The Morgan fingerprint density at radius 1 is 1.47 bits per heavy atom. The number of nitro groups is 1. The Bertz CT molecular complexity index is 475. The Labute approximate surface area is 115 Å². The van der Waals surface area contributed by atoms with E-state index >= 15 is 0 Å². The zero-order valence-corrected chi connectivity index (χ0v) is 11.3. The van der Waals surface area contributed by atoms with Crippen molar-refractivity contribution >= 4 is 17.3 Å². The van der Waals surface area contributed by atoms with E-state index in [9.17, 15) is 10.1 Å². The lowest BCUT2D eigenvalue weighted by Crippen LogP contribution is -2.36. The van der Waals surface area contributed by atoms with Crippen LogP contribution >= 0.6 is 11.6 Å². The molecule has 2 atom stereocenters. The molecule has 0 amide bonds. The second kappa shape index (κ2) is 5.66. The van der Waals surface area contributed by atoms with Gasteiger partial charge in [-0.25, -0.2) is 4.98 Å². The molecule has 0 bridgehead atoms. The van der Waals surface area contributed by atoms with Gasteiger partial charge in [0.25, 0.3) is 5.88 Å². The van der Waals surface area contributed by atoms with Gasteiger partial charge in [-0.1, -0.05) is 0 Å². The van der Waals surface area contributed by atoms with Crippen LogP contribution in [0.2, 0.25) is 5.28 Å². The van der Waals surface area contributed by atoms with Crippen LogP contribution in [0.1, 0.15) is 26.7 Å². The van der Waals surface area contributed by atoms with Gasteiger partial charge in [-0.15, -0.1) is 0 Å². The van der Waals surface area contributed by atoms with E-state index in [1.165, 1.54) is 0 Å². The van der Waals surface area contributed by atoms with E-state index in [1.54, 1.807) is 0 Å². The van der Waals surface area contributed by atoms with Gasteiger partial charge in [0.2, 0.25) is 5.28 Å². The number of halogens is 1. The summed E-state index contributed by atoms with van der Waals surface area (Å²) in [7, 11) is 0. The molecule has 7 nitrogen and oxygen atoms in total. The maximum Gasteiger partial charge on any atom is 0.349 e. The summed E-state index contributed by atoms with van der Waals surface area (Å²) in [5, 5.41) is 10.8. The molecule has 0 saturated carbocycles. The monoisotopic (exact) mass is 287 g/mol. The topological polar surface area (TPSA) is 87.4 Å². The molecule has 1 aromatic heterocycles. The van der Waals surface area contributed by atoms with Crippen molar-refractivity contribution in [3.8, 4) is 5.88 Å². The van der Waals surface area contributed by atoms with Crippen molar-refractivity contribution in [3.05, 3.63) is 21.6 Å². The summed E-state index contributed by atoms with van der Waals surface area (Å²) >= 11 is 5.65. The minimum Gasteiger partial charge on any atom is -0.469 e. The van der Waals surface area contributed by atoms with Gasteiger partial charge in [0.15, 0.2) is 0 Å². The smallest absolute Gasteiger partial charge is 0.349 e. The molecule has 0 spiro atoms. The lowest BCUT2D eigenvalue weighted by atomic mass is 10.0. The normalized spacial score (nSPS) is 27.0. The van der Waals surface area contributed by atoms with Crippen LogP contribution < -0.4 is 4.74 Å². The highest BCUT2D eigenvalue weighted by molar-refractivity contribution is 6.28. The number of ether oxygens (including phenoxy) is 2. The molecular weight excluding hydrogens is 274 g/mol. The lowest BCUT2D eigenvalue weighted by molar-refractivity contribution is -0.386. The molecule has 1 aliphatic heterocycles. The van der Waals surface area contributed by atoms with Crippen LogP contribution in [0, 0.1) is 10.1 Å². The molecule has 0 radical (unpaired) electrons. The van der Waals surface area contributed by atoms with Gasteiger partial charge in [-0.3, -0.25) is 10.1 Å². The van der Waals surface area contributed by atoms with Crippen LogP contribution in [-0.4, -0.2) is 33.2 Å². The van der Waals surface area contributed by atoms with E-state index in [0.29, 0.717) is 12.8 Å². The highest BCUT2D eigenvalue weighted by Crippen LogP contribution is 2.29. The zero-order valence-electron chi connectivity index (χ0n) is 10.6. The lowest BCUT2D eigenvalue weighted by Gasteiger charge is -2.31. The summed E-state index contributed by atoms with van der Waals surface area (Å²) in [6, 6.07) is 0. The predicted octanol–water partition coefficient (Wildman–Crippen LogP) is 2.37. The Kier molecular flexibility index (Phi) is 4.16. The number of nitrogens with zero attached hydrogens (tertiary/aromatic N) is 3. The minimum atomic E-state index is -0.585. The molecule has 8 heteroatoms. The Morgan fingerprint density at radius 3 is 2.68 bits per heavy atom. The zero-order chi connectivity index (χ0) is 14.0. The van der Waals surface area contributed by atoms with Crippen molar-refractivity contribution in [2.45, 2.75) is 45.0 Å². The first kappa shape index (κ1) is 14.0. The van der Waals surface area contributed by atoms with Gasteiger partial charge in [0.1, 0.15) is 12.3 Å². The summed E-state index contributed by atoms with van der Waals surface area (Å²) in [6.07, 6.45) is 2.28. The van der Waals surface area contributed by atoms with Crippen molar-refractivity contribution in [2.24, 2.45) is 0 Å².